The zero-order valence-electron chi connectivity index (χ0n) is 13.5. The Morgan fingerprint density at radius 1 is 1.21 bits per heavy atom. The molecule has 0 aliphatic heterocycles. The third kappa shape index (κ3) is 4.10. The Labute approximate surface area is 148 Å². The van der Waals surface area contributed by atoms with Gasteiger partial charge in [0.2, 0.25) is 0 Å². The Kier molecular flexibility index (Phi) is 5.42. The molecule has 7 heteroatoms. The number of Topliss-reactive ketones (excluding diaryl/α,β-unsaturated/α-hetero) is 1. The lowest BCUT2D eigenvalue weighted by Gasteiger charge is -1.99. The standard InChI is InChI=1S/C17H17N3O2S2/c1-11-15(24-12(2)18-11)16-19-20-17(22-16)23-10-6-9-14(21)13-7-4-3-5-8-13/h3-5,7-8H,6,9-10H2,1-2H3. The second-order valence-electron chi connectivity index (χ2n) is 5.26. The maximum absolute atomic E-state index is 12.0. The number of ketones is 1. The van der Waals surface area contributed by atoms with Gasteiger partial charge in [0.25, 0.3) is 11.1 Å². The topological polar surface area (TPSA) is 68.9 Å². The van der Waals surface area contributed by atoms with Crippen molar-refractivity contribution in [3.63, 3.8) is 0 Å². The number of hydrogen-bond donors (Lipinski definition) is 0. The van der Waals surface area contributed by atoms with Gasteiger partial charge in [0.15, 0.2) is 5.78 Å². The van der Waals surface area contributed by atoms with Crippen molar-refractivity contribution in [2.75, 3.05) is 5.75 Å². The van der Waals surface area contributed by atoms with Gasteiger partial charge in [-0.3, -0.25) is 4.79 Å². The van der Waals surface area contributed by atoms with Gasteiger partial charge in [-0.25, -0.2) is 4.98 Å². The largest absolute Gasteiger partial charge is 0.410 e. The van der Waals surface area contributed by atoms with Crippen LogP contribution in [0.5, 0.6) is 0 Å². The van der Waals surface area contributed by atoms with E-state index < -0.39 is 0 Å². The number of carbonyl (C=O) groups excluding carboxylic acids is 1. The van der Waals surface area contributed by atoms with E-state index in [0.29, 0.717) is 17.5 Å². The average molecular weight is 359 g/mol. The van der Waals surface area contributed by atoms with Crippen LogP contribution in [0.3, 0.4) is 0 Å². The number of carbonyl (C=O) groups is 1. The molecule has 24 heavy (non-hydrogen) atoms. The van der Waals surface area contributed by atoms with Gasteiger partial charge in [-0.2, -0.15) is 0 Å². The van der Waals surface area contributed by atoms with Crippen molar-refractivity contribution < 1.29 is 9.21 Å². The monoisotopic (exact) mass is 359 g/mol. The number of rotatable bonds is 7. The predicted octanol–water partition coefficient (Wildman–Crippen LogP) is 4.57. The first kappa shape index (κ1) is 16.9. The highest BCUT2D eigenvalue weighted by Gasteiger charge is 2.15. The second kappa shape index (κ2) is 7.72. The molecule has 124 valence electrons. The van der Waals surface area contributed by atoms with Gasteiger partial charge in [0, 0.05) is 17.7 Å². The van der Waals surface area contributed by atoms with E-state index in [1.54, 1.807) is 11.3 Å². The third-order valence-electron chi connectivity index (χ3n) is 3.37. The molecule has 0 spiro atoms. The van der Waals surface area contributed by atoms with Crippen LogP contribution in [-0.2, 0) is 0 Å². The van der Waals surface area contributed by atoms with E-state index in [1.807, 2.05) is 44.2 Å². The van der Waals surface area contributed by atoms with Gasteiger partial charge in [0.05, 0.1) is 10.7 Å². The molecular weight excluding hydrogens is 342 g/mol. The van der Waals surface area contributed by atoms with Crippen LogP contribution in [0.15, 0.2) is 40.0 Å². The Morgan fingerprint density at radius 2 is 2.00 bits per heavy atom. The van der Waals surface area contributed by atoms with E-state index in [4.69, 9.17) is 4.42 Å². The molecule has 0 amide bonds. The molecule has 3 rings (SSSR count). The van der Waals surface area contributed by atoms with Crippen LogP contribution in [0.25, 0.3) is 10.8 Å². The summed E-state index contributed by atoms with van der Waals surface area (Å²) >= 11 is 3.03. The zero-order valence-corrected chi connectivity index (χ0v) is 15.1. The third-order valence-corrected chi connectivity index (χ3v) is 5.34. The summed E-state index contributed by atoms with van der Waals surface area (Å²) in [4.78, 5) is 17.3. The van der Waals surface area contributed by atoms with Crippen LogP contribution in [0.2, 0.25) is 0 Å². The number of aryl methyl sites for hydroxylation is 2. The maximum Gasteiger partial charge on any atom is 0.276 e. The van der Waals surface area contributed by atoms with Gasteiger partial charge in [0.1, 0.15) is 4.88 Å². The summed E-state index contributed by atoms with van der Waals surface area (Å²) < 4.78 is 5.68. The molecule has 0 saturated carbocycles. The molecule has 2 heterocycles. The van der Waals surface area contributed by atoms with Crippen LogP contribution in [-0.4, -0.2) is 26.7 Å². The summed E-state index contributed by atoms with van der Waals surface area (Å²) in [5.41, 5.74) is 1.67. The highest BCUT2D eigenvalue weighted by Crippen LogP contribution is 2.30. The Morgan fingerprint density at radius 3 is 2.71 bits per heavy atom. The lowest BCUT2D eigenvalue weighted by Crippen LogP contribution is -1.99. The summed E-state index contributed by atoms with van der Waals surface area (Å²) in [6, 6.07) is 9.36. The Bertz CT molecular complexity index is 827. The van der Waals surface area contributed by atoms with Crippen LogP contribution in [0.4, 0.5) is 0 Å². The van der Waals surface area contributed by atoms with E-state index in [9.17, 15) is 4.79 Å². The minimum absolute atomic E-state index is 0.165. The Balaban J connectivity index is 1.49. The first-order valence-electron chi connectivity index (χ1n) is 7.62. The molecular formula is C17H17N3O2S2. The van der Waals surface area contributed by atoms with Crippen molar-refractivity contribution in [2.45, 2.75) is 31.9 Å². The molecule has 0 atom stereocenters. The minimum Gasteiger partial charge on any atom is -0.410 e. The predicted molar refractivity (Wildman–Crippen MR) is 95.6 cm³/mol. The van der Waals surface area contributed by atoms with Gasteiger partial charge in [-0.1, -0.05) is 42.1 Å². The summed E-state index contributed by atoms with van der Waals surface area (Å²) in [6.07, 6.45) is 1.29. The zero-order chi connectivity index (χ0) is 16.9. The molecule has 0 radical (unpaired) electrons. The lowest BCUT2D eigenvalue weighted by atomic mass is 10.1. The first-order chi connectivity index (χ1) is 11.6. The summed E-state index contributed by atoms with van der Waals surface area (Å²) in [5, 5.41) is 9.66. The molecule has 0 N–H and O–H groups in total. The molecule has 0 aliphatic carbocycles. The van der Waals surface area contributed by atoms with E-state index in [0.717, 1.165) is 33.3 Å². The molecule has 0 aliphatic rings. The highest BCUT2D eigenvalue weighted by atomic mass is 32.2. The van der Waals surface area contributed by atoms with Gasteiger partial charge < -0.3 is 4.42 Å². The molecule has 2 aromatic heterocycles. The summed E-state index contributed by atoms with van der Waals surface area (Å²) in [6.45, 7) is 3.89. The van der Waals surface area contributed by atoms with E-state index in [2.05, 4.69) is 15.2 Å². The molecule has 1 aromatic carbocycles. The lowest BCUT2D eigenvalue weighted by molar-refractivity contribution is 0.0982. The van der Waals surface area contributed by atoms with Crippen LogP contribution < -0.4 is 0 Å². The van der Waals surface area contributed by atoms with Crippen LogP contribution in [0.1, 0.15) is 33.9 Å². The van der Waals surface area contributed by atoms with Crippen molar-refractivity contribution in [1.29, 1.82) is 0 Å². The maximum atomic E-state index is 12.0. The molecule has 0 unspecified atom stereocenters. The molecule has 0 bridgehead atoms. The number of aromatic nitrogens is 3. The fraction of sp³-hybridized carbons (Fsp3) is 0.294. The van der Waals surface area contributed by atoms with Crippen LogP contribution >= 0.6 is 23.1 Å². The van der Waals surface area contributed by atoms with Crippen molar-refractivity contribution >= 4 is 28.9 Å². The normalized spacial score (nSPS) is 10.9. The molecule has 0 fully saturated rings. The second-order valence-corrected chi connectivity index (χ2v) is 7.51. The van der Waals surface area contributed by atoms with Crippen molar-refractivity contribution in [3.05, 3.63) is 46.6 Å². The smallest absolute Gasteiger partial charge is 0.276 e. The number of thioether (sulfide) groups is 1. The molecule has 3 aromatic rings. The average Bonchev–Trinajstić information content (AvgIpc) is 3.18. The summed E-state index contributed by atoms with van der Waals surface area (Å²) in [5.74, 6) is 1.44. The number of thiazole rings is 1. The molecule has 5 nitrogen and oxygen atoms in total. The quantitative estimate of drug-likeness (QED) is 0.350. The first-order valence-corrected chi connectivity index (χ1v) is 9.42. The number of benzene rings is 1. The van der Waals surface area contributed by atoms with E-state index in [-0.39, 0.29) is 5.78 Å². The van der Waals surface area contributed by atoms with Crippen molar-refractivity contribution in [3.8, 4) is 10.8 Å². The van der Waals surface area contributed by atoms with E-state index in [1.165, 1.54) is 11.8 Å². The minimum atomic E-state index is 0.165. The molecule has 0 saturated heterocycles. The number of nitrogens with zero attached hydrogens (tertiary/aromatic N) is 3. The SMILES string of the molecule is Cc1nc(C)c(-c2nnc(SCCCC(=O)c3ccccc3)o2)s1. The Hall–Kier alpha value is -1.99. The summed E-state index contributed by atoms with van der Waals surface area (Å²) in [7, 11) is 0. The van der Waals surface area contributed by atoms with Gasteiger partial charge >= 0.3 is 0 Å². The van der Waals surface area contributed by atoms with Crippen LogP contribution in [0, 0.1) is 13.8 Å². The van der Waals surface area contributed by atoms with Gasteiger partial charge in [-0.05, 0) is 20.3 Å². The van der Waals surface area contributed by atoms with Gasteiger partial charge in [-0.15, -0.1) is 21.5 Å². The number of hydrogen-bond acceptors (Lipinski definition) is 7. The van der Waals surface area contributed by atoms with E-state index >= 15 is 0 Å². The van der Waals surface area contributed by atoms with Crippen molar-refractivity contribution in [2.24, 2.45) is 0 Å². The fourth-order valence-corrected chi connectivity index (χ4v) is 3.79. The highest BCUT2D eigenvalue weighted by molar-refractivity contribution is 7.99. The van der Waals surface area contributed by atoms with Crippen molar-refractivity contribution in [1.82, 2.24) is 15.2 Å². The fourth-order valence-electron chi connectivity index (χ4n) is 2.25.